The van der Waals surface area contributed by atoms with Crippen LogP contribution in [-0.2, 0) is 0 Å². The van der Waals surface area contributed by atoms with Crippen molar-refractivity contribution >= 4 is 17.1 Å². The topological polar surface area (TPSA) is 35.5 Å². The number of fused-ring (bicyclic) bond motifs is 1. The molecule has 2 rings (SSSR count). The van der Waals surface area contributed by atoms with Gasteiger partial charge in [0, 0.05) is 10.9 Å². The second-order valence-electron chi connectivity index (χ2n) is 5.38. The van der Waals surface area contributed by atoms with Gasteiger partial charge in [0.25, 0.3) is 0 Å². The van der Waals surface area contributed by atoms with Crippen LogP contribution in [0.2, 0.25) is 0 Å². The number of benzene rings is 2. The Kier molecular flexibility index (Phi) is 6.26. The SMILES string of the molecule is CCCCOc1ccc2c(OCCCC)ccc(C=O)c2c1. The largest absolute Gasteiger partial charge is 0.494 e. The Bertz CT molecular complexity index is 619. The third-order valence-corrected chi connectivity index (χ3v) is 3.63. The van der Waals surface area contributed by atoms with Crippen LogP contribution in [-0.4, -0.2) is 19.5 Å². The number of ether oxygens (including phenoxy) is 2. The van der Waals surface area contributed by atoms with E-state index in [1.807, 2.05) is 30.3 Å². The minimum Gasteiger partial charge on any atom is -0.494 e. The lowest BCUT2D eigenvalue weighted by Gasteiger charge is -2.12. The first kappa shape index (κ1) is 16.3. The van der Waals surface area contributed by atoms with Gasteiger partial charge in [0.15, 0.2) is 6.29 Å². The lowest BCUT2D eigenvalue weighted by Crippen LogP contribution is -1.99. The first-order valence-electron chi connectivity index (χ1n) is 8.07. The highest BCUT2D eigenvalue weighted by atomic mass is 16.5. The lowest BCUT2D eigenvalue weighted by atomic mass is 10.0. The molecule has 0 aromatic heterocycles. The summed E-state index contributed by atoms with van der Waals surface area (Å²) in [4.78, 5) is 11.3. The molecule has 0 aliphatic rings. The van der Waals surface area contributed by atoms with Crippen molar-refractivity contribution < 1.29 is 14.3 Å². The van der Waals surface area contributed by atoms with E-state index in [1.165, 1.54) is 0 Å². The van der Waals surface area contributed by atoms with E-state index in [9.17, 15) is 4.79 Å². The fourth-order valence-electron chi connectivity index (χ4n) is 2.30. The third-order valence-electron chi connectivity index (χ3n) is 3.63. The van der Waals surface area contributed by atoms with Gasteiger partial charge < -0.3 is 9.47 Å². The van der Waals surface area contributed by atoms with Crippen LogP contribution >= 0.6 is 0 Å². The maximum Gasteiger partial charge on any atom is 0.150 e. The molecule has 0 aliphatic carbocycles. The molecule has 0 saturated heterocycles. The van der Waals surface area contributed by atoms with Crippen LogP contribution in [0.4, 0.5) is 0 Å². The molecule has 0 spiro atoms. The quantitative estimate of drug-likeness (QED) is 0.482. The molecule has 0 saturated carbocycles. The number of hydrogen-bond acceptors (Lipinski definition) is 3. The normalized spacial score (nSPS) is 10.6. The van der Waals surface area contributed by atoms with E-state index in [1.54, 1.807) is 0 Å². The number of carbonyl (C=O) groups is 1. The Balaban J connectivity index is 2.30. The van der Waals surface area contributed by atoms with E-state index in [2.05, 4.69) is 13.8 Å². The third kappa shape index (κ3) is 4.00. The van der Waals surface area contributed by atoms with E-state index in [0.29, 0.717) is 18.8 Å². The molecule has 0 heterocycles. The highest BCUT2D eigenvalue weighted by Gasteiger charge is 2.08. The van der Waals surface area contributed by atoms with Crippen molar-refractivity contribution in [2.24, 2.45) is 0 Å². The van der Waals surface area contributed by atoms with Crippen LogP contribution in [0.5, 0.6) is 11.5 Å². The number of hydrogen-bond donors (Lipinski definition) is 0. The first-order valence-corrected chi connectivity index (χ1v) is 8.07. The van der Waals surface area contributed by atoms with Gasteiger partial charge in [0.05, 0.1) is 13.2 Å². The standard InChI is InChI=1S/C19H24O3/c1-3-5-11-21-16-8-9-17-18(13-16)15(14-20)7-10-19(17)22-12-6-4-2/h7-10,13-14H,3-6,11-12H2,1-2H3. The molecule has 2 aromatic carbocycles. The smallest absolute Gasteiger partial charge is 0.150 e. The summed E-state index contributed by atoms with van der Waals surface area (Å²) < 4.78 is 11.6. The van der Waals surface area contributed by atoms with Gasteiger partial charge in [-0.1, -0.05) is 26.7 Å². The summed E-state index contributed by atoms with van der Waals surface area (Å²) in [7, 11) is 0. The van der Waals surface area contributed by atoms with Crippen molar-refractivity contribution in [1.82, 2.24) is 0 Å². The van der Waals surface area contributed by atoms with E-state index >= 15 is 0 Å². The fraction of sp³-hybridized carbons (Fsp3) is 0.421. The van der Waals surface area contributed by atoms with Gasteiger partial charge in [-0.15, -0.1) is 0 Å². The molecule has 0 bridgehead atoms. The monoisotopic (exact) mass is 300 g/mol. The van der Waals surface area contributed by atoms with E-state index in [4.69, 9.17) is 9.47 Å². The predicted molar refractivity (Wildman–Crippen MR) is 90.1 cm³/mol. The molecule has 0 fully saturated rings. The van der Waals surface area contributed by atoms with E-state index in [-0.39, 0.29) is 0 Å². The average molecular weight is 300 g/mol. The minimum atomic E-state index is 0.666. The Morgan fingerprint density at radius 3 is 2.32 bits per heavy atom. The van der Waals surface area contributed by atoms with Crippen molar-refractivity contribution in [3.63, 3.8) is 0 Å². The summed E-state index contributed by atoms with van der Waals surface area (Å²) in [6.45, 7) is 5.66. The number of unbranched alkanes of at least 4 members (excludes halogenated alkanes) is 2. The highest BCUT2D eigenvalue weighted by Crippen LogP contribution is 2.31. The van der Waals surface area contributed by atoms with Crippen molar-refractivity contribution in [1.29, 1.82) is 0 Å². The summed E-state index contributed by atoms with van der Waals surface area (Å²) in [6.07, 6.45) is 5.13. The van der Waals surface area contributed by atoms with Crippen LogP contribution in [0.15, 0.2) is 30.3 Å². The molecule has 118 valence electrons. The van der Waals surface area contributed by atoms with Gasteiger partial charge in [-0.2, -0.15) is 0 Å². The number of aldehydes is 1. The van der Waals surface area contributed by atoms with Crippen LogP contribution in [0.25, 0.3) is 10.8 Å². The highest BCUT2D eigenvalue weighted by molar-refractivity contribution is 6.01. The van der Waals surface area contributed by atoms with Gasteiger partial charge >= 0.3 is 0 Å². The van der Waals surface area contributed by atoms with Crippen LogP contribution < -0.4 is 9.47 Å². The summed E-state index contributed by atoms with van der Waals surface area (Å²) in [5, 5.41) is 1.85. The van der Waals surface area contributed by atoms with Crippen LogP contribution in [0, 0.1) is 0 Å². The molecule has 0 unspecified atom stereocenters. The maximum atomic E-state index is 11.3. The van der Waals surface area contributed by atoms with Crippen molar-refractivity contribution in [2.75, 3.05) is 13.2 Å². The molecule has 0 amide bonds. The molecular formula is C19H24O3. The van der Waals surface area contributed by atoms with Crippen LogP contribution in [0.1, 0.15) is 49.9 Å². The van der Waals surface area contributed by atoms with Gasteiger partial charge in [0.2, 0.25) is 0 Å². The lowest BCUT2D eigenvalue weighted by molar-refractivity contribution is 0.112. The molecular weight excluding hydrogens is 276 g/mol. The summed E-state index contributed by atoms with van der Waals surface area (Å²) >= 11 is 0. The Morgan fingerprint density at radius 2 is 1.64 bits per heavy atom. The van der Waals surface area contributed by atoms with Gasteiger partial charge in [0.1, 0.15) is 11.5 Å². The minimum absolute atomic E-state index is 0.666. The summed E-state index contributed by atoms with van der Waals surface area (Å²) in [5.41, 5.74) is 0.666. The van der Waals surface area contributed by atoms with Crippen molar-refractivity contribution in [2.45, 2.75) is 39.5 Å². The molecule has 3 nitrogen and oxygen atoms in total. The van der Waals surface area contributed by atoms with E-state index in [0.717, 1.165) is 54.2 Å². The zero-order chi connectivity index (χ0) is 15.8. The summed E-state index contributed by atoms with van der Waals surface area (Å²) in [6, 6.07) is 9.54. The fourth-order valence-corrected chi connectivity index (χ4v) is 2.30. The molecule has 0 atom stereocenters. The maximum absolute atomic E-state index is 11.3. The number of rotatable bonds is 9. The van der Waals surface area contributed by atoms with Crippen molar-refractivity contribution in [3.05, 3.63) is 35.9 Å². The molecule has 22 heavy (non-hydrogen) atoms. The molecule has 0 N–H and O–H groups in total. The second-order valence-corrected chi connectivity index (χ2v) is 5.38. The van der Waals surface area contributed by atoms with E-state index < -0.39 is 0 Å². The van der Waals surface area contributed by atoms with Gasteiger partial charge in [-0.05, 0) is 48.6 Å². The molecule has 0 aliphatic heterocycles. The van der Waals surface area contributed by atoms with Crippen LogP contribution in [0.3, 0.4) is 0 Å². The second kappa shape index (κ2) is 8.42. The Morgan fingerprint density at radius 1 is 0.909 bits per heavy atom. The average Bonchev–Trinajstić information content (AvgIpc) is 2.55. The Labute approximate surface area is 132 Å². The van der Waals surface area contributed by atoms with Crippen molar-refractivity contribution in [3.8, 4) is 11.5 Å². The molecule has 0 radical (unpaired) electrons. The van der Waals surface area contributed by atoms with Gasteiger partial charge in [-0.25, -0.2) is 0 Å². The molecule has 2 aromatic rings. The zero-order valence-electron chi connectivity index (χ0n) is 13.4. The zero-order valence-corrected chi connectivity index (χ0v) is 13.4. The Hall–Kier alpha value is -2.03. The molecule has 3 heteroatoms. The first-order chi connectivity index (χ1) is 10.8. The number of carbonyl (C=O) groups excluding carboxylic acids is 1. The van der Waals surface area contributed by atoms with Gasteiger partial charge in [-0.3, -0.25) is 4.79 Å². The predicted octanol–water partition coefficient (Wildman–Crippen LogP) is 5.01. The summed E-state index contributed by atoms with van der Waals surface area (Å²) in [5.74, 6) is 1.63.